The van der Waals surface area contributed by atoms with E-state index < -0.39 is 17.3 Å². The largest absolute Gasteiger partial charge is 0.478 e. The Bertz CT molecular complexity index is 656. The Labute approximate surface area is 116 Å². The minimum Gasteiger partial charge on any atom is -0.478 e. The Balaban J connectivity index is 2.34. The molecule has 0 amide bonds. The molecule has 2 aromatic rings. The standard InChI is InChI=1S/C15H15FN2O2/c1-2-9-4-3-5-10(6-9)18-14-8-12(16)11(15(19)20)7-13(14)17/h3-8,18H,2,17H2,1H3,(H,19,20). The Hall–Kier alpha value is -2.56. The van der Waals surface area contributed by atoms with Crippen LogP contribution in [0.15, 0.2) is 36.4 Å². The number of benzene rings is 2. The van der Waals surface area contributed by atoms with Crippen LogP contribution in [0.1, 0.15) is 22.8 Å². The first-order valence-corrected chi connectivity index (χ1v) is 6.19. The molecule has 0 aliphatic heterocycles. The van der Waals surface area contributed by atoms with Gasteiger partial charge in [-0.15, -0.1) is 0 Å². The average molecular weight is 274 g/mol. The number of rotatable bonds is 4. The fourth-order valence-corrected chi connectivity index (χ4v) is 1.89. The molecule has 0 fully saturated rings. The highest BCUT2D eigenvalue weighted by Crippen LogP contribution is 2.27. The molecule has 0 saturated heterocycles. The Morgan fingerprint density at radius 1 is 1.35 bits per heavy atom. The van der Waals surface area contributed by atoms with Crippen molar-refractivity contribution in [2.75, 3.05) is 11.1 Å². The summed E-state index contributed by atoms with van der Waals surface area (Å²) >= 11 is 0. The van der Waals surface area contributed by atoms with Crippen LogP contribution in [0.3, 0.4) is 0 Å². The zero-order valence-electron chi connectivity index (χ0n) is 11.0. The molecule has 0 aliphatic carbocycles. The summed E-state index contributed by atoms with van der Waals surface area (Å²) in [7, 11) is 0. The van der Waals surface area contributed by atoms with E-state index in [9.17, 15) is 9.18 Å². The molecule has 4 N–H and O–H groups in total. The molecule has 5 heteroatoms. The number of hydrogen-bond acceptors (Lipinski definition) is 3. The van der Waals surface area contributed by atoms with Crippen molar-refractivity contribution in [3.8, 4) is 0 Å². The van der Waals surface area contributed by atoms with Crippen LogP contribution < -0.4 is 11.1 Å². The lowest BCUT2D eigenvalue weighted by Gasteiger charge is -2.11. The van der Waals surface area contributed by atoms with Crippen LogP contribution in [-0.2, 0) is 6.42 Å². The predicted octanol–water partition coefficient (Wildman–Crippen LogP) is 3.41. The summed E-state index contributed by atoms with van der Waals surface area (Å²) in [4.78, 5) is 10.8. The quantitative estimate of drug-likeness (QED) is 0.747. The van der Waals surface area contributed by atoms with Crippen molar-refractivity contribution < 1.29 is 14.3 Å². The molecule has 4 nitrogen and oxygen atoms in total. The van der Waals surface area contributed by atoms with Crippen molar-refractivity contribution in [2.24, 2.45) is 0 Å². The maximum atomic E-state index is 13.7. The van der Waals surface area contributed by atoms with Crippen molar-refractivity contribution in [1.29, 1.82) is 0 Å². The van der Waals surface area contributed by atoms with E-state index in [2.05, 4.69) is 5.32 Å². The van der Waals surface area contributed by atoms with Crippen LogP contribution in [0.25, 0.3) is 0 Å². The SMILES string of the molecule is CCc1cccc(Nc2cc(F)c(C(=O)O)cc2N)c1. The molecule has 0 aromatic heterocycles. The van der Waals surface area contributed by atoms with Crippen LogP contribution in [0, 0.1) is 5.82 Å². The van der Waals surface area contributed by atoms with Crippen molar-refractivity contribution in [1.82, 2.24) is 0 Å². The normalized spacial score (nSPS) is 10.3. The number of nitrogens with one attached hydrogen (secondary N) is 1. The van der Waals surface area contributed by atoms with Gasteiger partial charge >= 0.3 is 5.97 Å². The summed E-state index contributed by atoms with van der Waals surface area (Å²) in [6, 6.07) is 9.85. The molecule has 0 atom stereocenters. The van der Waals surface area contributed by atoms with Gasteiger partial charge in [-0.1, -0.05) is 19.1 Å². The molecule has 0 bridgehead atoms. The van der Waals surface area contributed by atoms with Crippen molar-refractivity contribution >= 4 is 23.0 Å². The van der Waals surface area contributed by atoms with Crippen molar-refractivity contribution in [2.45, 2.75) is 13.3 Å². The Morgan fingerprint density at radius 3 is 2.75 bits per heavy atom. The molecule has 2 aromatic carbocycles. The number of carboxylic acid groups (broad SMARTS) is 1. The van der Waals surface area contributed by atoms with Crippen molar-refractivity contribution in [3.05, 3.63) is 53.3 Å². The van der Waals surface area contributed by atoms with Crippen LogP contribution in [-0.4, -0.2) is 11.1 Å². The summed E-state index contributed by atoms with van der Waals surface area (Å²) < 4.78 is 13.7. The van der Waals surface area contributed by atoms with Crippen molar-refractivity contribution in [3.63, 3.8) is 0 Å². The Morgan fingerprint density at radius 2 is 2.10 bits per heavy atom. The second-order valence-electron chi connectivity index (χ2n) is 4.40. The van der Waals surface area contributed by atoms with E-state index in [0.717, 1.165) is 29.8 Å². The van der Waals surface area contributed by atoms with E-state index in [-0.39, 0.29) is 5.69 Å². The molecule has 104 valence electrons. The van der Waals surface area contributed by atoms with Gasteiger partial charge in [0, 0.05) is 11.8 Å². The fraction of sp³-hybridized carbons (Fsp3) is 0.133. The smallest absolute Gasteiger partial charge is 0.338 e. The lowest BCUT2D eigenvalue weighted by molar-refractivity contribution is 0.0692. The van der Waals surface area contributed by atoms with E-state index >= 15 is 0 Å². The van der Waals surface area contributed by atoms with E-state index in [0.29, 0.717) is 5.69 Å². The molecule has 0 spiro atoms. The van der Waals surface area contributed by atoms with Gasteiger partial charge in [0.05, 0.1) is 16.9 Å². The zero-order valence-corrected chi connectivity index (χ0v) is 11.0. The third-order valence-electron chi connectivity index (χ3n) is 2.98. The summed E-state index contributed by atoms with van der Waals surface area (Å²) in [6.07, 6.45) is 0.886. The first kappa shape index (κ1) is 13.9. The number of carboxylic acids is 1. The number of carbonyl (C=O) groups is 1. The molecular weight excluding hydrogens is 259 g/mol. The van der Waals surface area contributed by atoms with E-state index in [4.69, 9.17) is 10.8 Å². The zero-order chi connectivity index (χ0) is 14.7. The molecule has 0 saturated carbocycles. The number of halogens is 1. The number of hydrogen-bond donors (Lipinski definition) is 3. The maximum Gasteiger partial charge on any atom is 0.338 e. The predicted molar refractivity (Wildman–Crippen MR) is 76.9 cm³/mol. The summed E-state index contributed by atoms with van der Waals surface area (Å²) in [5.41, 5.74) is 7.76. The number of nitrogens with two attached hydrogens (primary N) is 1. The summed E-state index contributed by atoms with van der Waals surface area (Å²) in [5.74, 6) is -2.16. The number of anilines is 3. The van der Waals surface area contributed by atoms with E-state index in [1.807, 2.05) is 31.2 Å². The average Bonchev–Trinajstić information content (AvgIpc) is 2.42. The number of nitrogen functional groups attached to an aromatic ring is 1. The first-order valence-electron chi connectivity index (χ1n) is 6.19. The summed E-state index contributed by atoms with van der Waals surface area (Å²) in [5, 5.41) is 11.8. The molecule has 0 heterocycles. The number of aromatic carboxylic acids is 1. The van der Waals surface area contributed by atoms with Crippen LogP contribution in [0.4, 0.5) is 21.5 Å². The third kappa shape index (κ3) is 2.88. The second kappa shape index (κ2) is 5.61. The minimum atomic E-state index is -1.34. The first-order chi connectivity index (χ1) is 9.51. The lowest BCUT2D eigenvalue weighted by atomic mass is 10.1. The fourth-order valence-electron chi connectivity index (χ4n) is 1.89. The van der Waals surface area contributed by atoms with Gasteiger partial charge in [-0.3, -0.25) is 0 Å². The van der Waals surface area contributed by atoms with Gasteiger partial charge in [0.1, 0.15) is 5.82 Å². The van der Waals surface area contributed by atoms with Crippen LogP contribution in [0.2, 0.25) is 0 Å². The van der Waals surface area contributed by atoms with Gasteiger partial charge in [0.2, 0.25) is 0 Å². The molecule has 2 rings (SSSR count). The highest BCUT2D eigenvalue weighted by molar-refractivity contribution is 5.91. The molecule has 0 aliphatic rings. The molecule has 0 radical (unpaired) electrons. The van der Waals surface area contributed by atoms with Gasteiger partial charge in [0.25, 0.3) is 0 Å². The Kier molecular flexibility index (Phi) is 3.89. The van der Waals surface area contributed by atoms with E-state index in [1.165, 1.54) is 0 Å². The maximum absolute atomic E-state index is 13.7. The highest BCUT2D eigenvalue weighted by atomic mass is 19.1. The number of aryl methyl sites for hydroxylation is 1. The molecule has 20 heavy (non-hydrogen) atoms. The molecule has 0 unspecified atom stereocenters. The molecular formula is C15H15FN2O2. The second-order valence-corrected chi connectivity index (χ2v) is 4.40. The monoisotopic (exact) mass is 274 g/mol. The van der Waals surface area contributed by atoms with Gasteiger partial charge in [-0.05, 0) is 30.2 Å². The third-order valence-corrected chi connectivity index (χ3v) is 2.98. The topological polar surface area (TPSA) is 75.3 Å². The highest BCUT2D eigenvalue weighted by Gasteiger charge is 2.13. The minimum absolute atomic E-state index is 0.186. The van der Waals surface area contributed by atoms with Crippen LogP contribution in [0.5, 0.6) is 0 Å². The van der Waals surface area contributed by atoms with Gasteiger partial charge in [-0.25, -0.2) is 9.18 Å². The van der Waals surface area contributed by atoms with Gasteiger partial charge in [-0.2, -0.15) is 0 Å². The van der Waals surface area contributed by atoms with E-state index in [1.54, 1.807) is 0 Å². The van der Waals surface area contributed by atoms with Crippen LogP contribution >= 0.6 is 0 Å². The summed E-state index contributed by atoms with van der Waals surface area (Å²) in [6.45, 7) is 2.04. The van der Waals surface area contributed by atoms with Gasteiger partial charge < -0.3 is 16.2 Å². The van der Waals surface area contributed by atoms with Gasteiger partial charge in [0.15, 0.2) is 0 Å². The lowest BCUT2D eigenvalue weighted by Crippen LogP contribution is -2.05.